The van der Waals surface area contributed by atoms with Gasteiger partial charge in [0, 0.05) is 36.2 Å². The standard InChI is InChI=1S/C28H32ClF3N4O2/c29-26-25(33-13-18-16-38-15-17-1-12-24(17)18)14-34-36(27(26)37)23-10-8-22(9-11-23)35(21-6-7-21)20-4-2-19(3-5-20)28(30,31)32/h1-5,12,14,17-18,21-24,33H,6-11,13,15-16H2/t17-,18-,22?,23?,24-/m1/s1. The summed E-state index contributed by atoms with van der Waals surface area (Å²) in [6.07, 6.45) is 7.04. The Morgan fingerprint density at radius 1 is 1.03 bits per heavy atom. The molecule has 0 bridgehead atoms. The average Bonchev–Trinajstić information content (AvgIpc) is 3.72. The maximum absolute atomic E-state index is 13.1. The van der Waals surface area contributed by atoms with Crippen LogP contribution in [0.3, 0.4) is 0 Å². The number of nitrogens with one attached hydrogen (secondary N) is 1. The van der Waals surface area contributed by atoms with Crippen LogP contribution in [-0.4, -0.2) is 41.6 Å². The number of aromatic nitrogens is 2. The second-order valence-corrected chi connectivity index (χ2v) is 11.4. The van der Waals surface area contributed by atoms with E-state index in [1.54, 1.807) is 18.3 Å². The first-order chi connectivity index (χ1) is 18.3. The fourth-order valence-electron chi connectivity index (χ4n) is 6.28. The van der Waals surface area contributed by atoms with Crippen LogP contribution in [0, 0.1) is 17.8 Å². The Morgan fingerprint density at radius 2 is 1.71 bits per heavy atom. The molecule has 0 unspecified atom stereocenters. The van der Waals surface area contributed by atoms with E-state index in [1.807, 2.05) is 0 Å². The Kier molecular flexibility index (Phi) is 6.93. The van der Waals surface area contributed by atoms with Crippen LogP contribution in [0.4, 0.5) is 24.5 Å². The van der Waals surface area contributed by atoms with Crippen LogP contribution in [0.1, 0.15) is 50.1 Å². The summed E-state index contributed by atoms with van der Waals surface area (Å²) in [6, 6.07) is 6.06. The van der Waals surface area contributed by atoms with E-state index in [2.05, 4.69) is 27.5 Å². The lowest BCUT2D eigenvalue weighted by molar-refractivity contribution is -0.137. The van der Waals surface area contributed by atoms with Crippen LogP contribution in [0.25, 0.3) is 0 Å². The van der Waals surface area contributed by atoms with Gasteiger partial charge in [-0.05, 0) is 68.7 Å². The second kappa shape index (κ2) is 10.2. The molecule has 6 nitrogen and oxygen atoms in total. The first kappa shape index (κ1) is 25.7. The highest BCUT2D eigenvalue weighted by Gasteiger charge is 2.38. The third kappa shape index (κ3) is 5.07. The van der Waals surface area contributed by atoms with Crippen LogP contribution in [0.5, 0.6) is 0 Å². The van der Waals surface area contributed by atoms with E-state index < -0.39 is 11.7 Å². The van der Waals surface area contributed by atoms with Gasteiger partial charge in [-0.2, -0.15) is 18.3 Å². The molecular weight excluding hydrogens is 517 g/mol. The minimum atomic E-state index is -4.34. The first-order valence-electron chi connectivity index (χ1n) is 13.5. The summed E-state index contributed by atoms with van der Waals surface area (Å²) in [6.45, 7) is 2.14. The molecule has 6 rings (SSSR count). The summed E-state index contributed by atoms with van der Waals surface area (Å²) in [7, 11) is 0. The number of benzene rings is 1. The van der Waals surface area contributed by atoms with Gasteiger partial charge in [-0.25, -0.2) is 4.68 Å². The minimum Gasteiger partial charge on any atom is -0.382 e. The van der Waals surface area contributed by atoms with E-state index in [0.717, 1.165) is 50.8 Å². The molecule has 0 spiro atoms. The molecule has 204 valence electrons. The number of hydrogen-bond donors (Lipinski definition) is 1. The van der Waals surface area contributed by atoms with E-state index in [0.29, 0.717) is 42.6 Å². The lowest BCUT2D eigenvalue weighted by atomic mass is 9.73. The van der Waals surface area contributed by atoms with E-state index in [9.17, 15) is 18.0 Å². The number of rotatable bonds is 7. The van der Waals surface area contributed by atoms with Gasteiger partial charge in [0.1, 0.15) is 5.02 Å². The van der Waals surface area contributed by atoms with Crippen molar-refractivity contribution in [3.05, 3.63) is 63.6 Å². The van der Waals surface area contributed by atoms with E-state index in [1.165, 1.54) is 16.8 Å². The van der Waals surface area contributed by atoms with Crippen molar-refractivity contribution in [3.63, 3.8) is 0 Å². The predicted molar refractivity (Wildman–Crippen MR) is 141 cm³/mol. The smallest absolute Gasteiger partial charge is 0.382 e. The normalized spacial score (nSPS) is 28.9. The first-order valence-corrected chi connectivity index (χ1v) is 13.9. The summed E-state index contributed by atoms with van der Waals surface area (Å²) < 4.78 is 46.3. The van der Waals surface area contributed by atoms with Crippen molar-refractivity contribution in [2.75, 3.05) is 30.0 Å². The van der Waals surface area contributed by atoms with Gasteiger partial charge in [0.25, 0.3) is 5.56 Å². The van der Waals surface area contributed by atoms with Gasteiger partial charge in [-0.1, -0.05) is 23.8 Å². The number of halogens is 4. The molecule has 3 fully saturated rings. The fraction of sp³-hybridized carbons (Fsp3) is 0.571. The Labute approximate surface area is 224 Å². The van der Waals surface area contributed by atoms with Crippen LogP contribution in [0.2, 0.25) is 5.02 Å². The topological polar surface area (TPSA) is 59.4 Å². The summed E-state index contributed by atoms with van der Waals surface area (Å²) >= 11 is 6.50. The molecule has 0 radical (unpaired) electrons. The molecule has 1 aromatic heterocycles. The lowest BCUT2D eigenvalue weighted by Crippen LogP contribution is -2.42. The molecule has 10 heteroatoms. The fourth-order valence-corrected chi connectivity index (χ4v) is 6.48. The zero-order chi connectivity index (χ0) is 26.4. The third-order valence-electron chi connectivity index (χ3n) is 8.60. The quantitative estimate of drug-likeness (QED) is 0.435. The molecule has 3 atom stereocenters. The van der Waals surface area contributed by atoms with Crippen LogP contribution in [0.15, 0.2) is 47.4 Å². The molecule has 2 heterocycles. The Hall–Kier alpha value is -2.52. The molecule has 1 aliphatic heterocycles. The van der Waals surface area contributed by atoms with Gasteiger partial charge in [-0.3, -0.25) is 4.79 Å². The number of ether oxygens (including phenoxy) is 1. The van der Waals surface area contributed by atoms with Crippen LogP contribution in [-0.2, 0) is 10.9 Å². The zero-order valence-corrected chi connectivity index (χ0v) is 21.8. The molecule has 1 N–H and O–H groups in total. The summed E-state index contributed by atoms with van der Waals surface area (Å²) in [5.74, 6) is 1.34. The van der Waals surface area contributed by atoms with Crippen molar-refractivity contribution in [3.8, 4) is 0 Å². The van der Waals surface area contributed by atoms with Crippen molar-refractivity contribution >= 4 is 23.0 Å². The Balaban J connectivity index is 1.09. The number of nitrogens with zero attached hydrogens (tertiary/aromatic N) is 3. The van der Waals surface area contributed by atoms with Gasteiger partial charge in [0.2, 0.25) is 0 Å². The summed E-state index contributed by atoms with van der Waals surface area (Å²) in [5.41, 5.74) is 0.472. The highest BCUT2D eigenvalue weighted by Crippen LogP contribution is 2.41. The van der Waals surface area contributed by atoms with E-state index >= 15 is 0 Å². The van der Waals surface area contributed by atoms with Gasteiger partial charge < -0.3 is 15.0 Å². The molecule has 1 aromatic carbocycles. The molecule has 2 saturated carbocycles. The molecule has 38 heavy (non-hydrogen) atoms. The highest BCUT2D eigenvalue weighted by molar-refractivity contribution is 6.32. The van der Waals surface area contributed by atoms with Gasteiger partial charge in [0.15, 0.2) is 0 Å². The van der Waals surface area contributed by atoms with Gasteiger partial charge in [0.05, 0.1) is 36.7 Å². The Bertz CT molecular complexity index is 1240. The lowest BCUT2D eigenvalue weighted by Gasteiger charge is -2.40. The third-order valence-corrected chi connectivity index (χ3v) is 8.96. The van der Waals surface area contributed by atoms with Crippen molar-refractivity contribution in [2.24, 2.45) is 17.8 Å². The second-order valence-electron chi connectivity index (χ2n) is 11.1. The van der Waals surface area contributed by atoms with E-state index in [4.69, 9.17) is 16.3 Å². The minimum absolute atomic E-state index is 0.0495. The Morgan fingerprint density at radius 3 is 2.32 bits per heavy atom. The van der Waals surface area contributed by atoms with Gasteiger partial charge >= 0.3 is 6.18 Å². The number of fused-ring (bicyclic) bond motifs is 1. The van der Waals surface area contributed by atoms with Gasteiger partial charge in [-0.15, -0.1) is 0 Å². The largest absolute Gasteiger partial charge is 0.416 e. The summed E-state index contributed by atoms with van der Waals surface area (Å²) in [5, 5.41) is 7.94. The molecular formula is C28H32ClF3N4O2. The molecule has 4 aliphatic rings. The van der Waals surface area contributed by atoms with Crippen LogP contribution >= 0.6 is 11.6 Å². The number of alkyl halides is 3. The SMILES string of the molecule is O=c1c(Cl)c(NC[C@@H]2COC[C@H]3C=C[C@@H]23)cnn1C1CCC(N(c2ccc(C(F)(F)F)cc2)C2CC2)CC1. The monoisotopic (exact) mass is 548 g/mol. The summed E-state index contributed by atoms with van der Waals surface area (Å²) in [4.78, 5) is 15.4. The molecule has 1 saturated heterocycles. The van der Waals surface area contributed by atoms with Crippen molar-refractivity contribution in [1.29, 1.82) is 0 Å². The van der Waals surface area contributed by atoms with Crippen molar-refractivity contribution < 1.29 is 17.9 Å². The maximum Gasteiger partial charge on any atom is 0.416 e. The molecule has 2 aromatic rings. The van der Waals surface area contributed by atoms with Crippen LogP contribution < -0.4 is 15.8 Å². The van der Waals surface area contributed by atoms with Crippen molar-refractivity contribution in [1.82, 2.24) is 9.78 Å². The maximum atomic E-state index is 13.1. The number of anilines is 2. The molecule has 0 amide bonds. The van der Waals surface area contributed by atoms with Crippen molar-refractivity contribution in [2.45, 2.75) is 62.8 Å². The molecule has 3 aliphatic carbocycles. The zero-order valence-electron chi connectivity index (χ0n) is 21.0. The highest BCUT2D eigenvalue weighted by atomic mass is 35.5. The number of hydrogen-bond acceptors (Lipinski definition) is 5. The van der Waals surface area contributed by atoms with E-state index in [-0.39, 0.29) is 22.7 Å². The average molecular weight is 549 g/mol. The number of allylic oxidation sites excluding steroid dienone is 1. The predicted octanol–water partition coefficient (Wildman–Crippen LogP) is 5.93.